The van der Waals surface area contributed by atoms with Crippen LogP contribution in [-0.4, -0.2) is 15.1 Å². The van der Waals surface area contributed by atoms with E-state index in [1.54, 1.807) is 0 Å². The minimum atomic E-state index is -0.217. The quantitative estimate of drug-likeness (QED) is 0.732. The van der Waals surface area contributed by atoms with Gasteiger partial charge in [0.1, 0.15) is 5.75 Å². The second-order valence-electron chi connectivity index (χ2n) is 2.55. The molecule has 66 valence electrons. The summed E-state index contributed by atoms with van der Waals surface area (Å²) in [5, 5.41) is 9.76. The number of aromatic amines is 1. The molecule has 2 aromatic rings. The number of nitrogens with one attached hydrogen (secondary N) is 1. The number of hydrogen-bond donors (Lipinski definition) is 2. The molecule has 1 aromatic carbocycles. The lowest BCUT2D eigenvalue weighted by molar-refractivity contribution is 0.472. The van der Waals surface area contributed by atoms with E-state index in [0.29, 0.717) is 15.4 Å². The van der Waals surface area contributed by atoms with E-state index >= 15 is 0 Å². The van der Waals surface area contributed by atoms with E-state index in [1.807, 2.05) is 0 Å². The third-order valence-electron chi connectivity index (χ3n) is 1.71. The van der Waals surface area contributed by atoms with Crippen LogP contribution in [0.5, 0.6) is 5.75 Å². The number of hydrogen-bond acceptors (Lipinski definition) is 3. The maximum atomic E-state index is 11.2. The van der Waals surface area contributed by atoms with Crippen LogP contribution in [0, 0.1) is 0 Å². The van der Waals surface area contributed by atoms with Crippen LogP contribution in [0.1, 0.15) is 0 Å². The van der Waals surface area contributed by atoms with Crippen LogP contribution in [0.4, 0.5) is 0 Å². The van der Waals surface area contributed by atoms with Crippen molar-refractivity contribution in [3.8, 4) is 5.75 Å². The largest absolute Gasteiger partial charge is 0.507 e. The van der Waals surface area contributed by atoms with Crippen molar-refractivity contribution in [2.75, 3.05) is 0 Å². The first-order valence-corrected chi connectivity index (χ1v) is 4.33. The first-order chi connectivity index (χ1) is 6.18. The van der Waals surface area contributed by atoms with Crippen molar-refractivity contribution < 1.29 is 5.11 Å². The molecular formula is C8H5BrN2O2. The Balaban J connectivity index is 2.97. The Morgan fingerprint density at radius 3 is 3.00 bits per heavy atom. The Bertz CT molecular complexity index is 521. The molecule has 0 saturated heterocycles. The maximum Gasteiger partial charge on any atom is 0.258 e. The highest BCUT2D eigenvalue weighted by atomic mass is 79.9. The zero-order chi connectivity index (χ0) is 9.42. The molecule has 0 spiro atoms. The predicted octanol–water partition coefficient (Wildman–Crippen LogP) is 1.39. The fourth-order valence-electron chi connectivity index (χ4n) is 1.08. The minimum Gasteiger partial charge on any atom is -0.507 e. The van der Waals surface area contributed by atoms with E-state index in [0.717, 1.165) is 0 Å². The van der Waals surface area contributed by atoms with Crippen molar-refractivity contribution in [2.45, 2.75) is 0 Å². The van der Waals surface area contributed by atoms with Gasteiger partial charge in [-0.2, -0.15) is 0 Å². The average Bonchev–Trinajstić information content (AvgIpc) is 2.09. The van der Waals surface area contributed by atoms with Crippen molar-refractivity contribution in [3.05, 3.63) is 33.3 Å². The molecule has 0 amide bonds. The highest BCUT2D eigenvalue weighted by molar-refractivity contribution is 9.10. The van der Waals surface area contributed by atoms with Gasteiger partial charge in [-0.3, -0.25) is 4.79 Å². The highest BCUT2D eigenvalue weighted by Gasteiger charge is 2.03. The molecule has 0 aliphatic heterocycles. The summed E-state index contributed by atoms with van der Waals surface area (Å²) in [6, 6.07) is 2.98. The van der Waals surface area contributed by atoms with Crippen LogP contribution in [0.25, 0.3) is 10.9 Å². The lowest BCUT2D eigenvalue weighted by Gasteiger charge is -1.98. The van der Waals surface area contributed by atoms with Crippen molar-refractivity contribution in [1.82, 2.24) is 9.97 Å². The monoisotopic (exact) mass is 240 g/mol. The van der Waals surface area contributed by atoms with Crippen LogP contribution in [-0.2, 0) is 0 Å². The molecule has 0 aliphatic carbocycles. The number of H-pyrrole nitrogens is 1. The van der Waals surface area contributed by atoms with Crippen molar-refractivity contribution >= 4 is 26.8 Å². The van der Waals surface area contributed by atoms with E-state index in [9.17, 15) is 9.90 Å². The van der Waals surface area contributed by atoms with Crippen LogP contribution >= 0.6 is 15.9 Å². The van der Waals surface area contributed by atoms with Gasteiger partial charge in [-0.05, 0) is 22.0 Å². The van der Waals surface area contributed by atoms with Gasteiger partial charge < -0.3 is 10.1 Å². The van der Waals surface area contributed by atoms with Crippen LogP contribution in [0.3, 0.4) is 0 Å². The van der Waals surface area contributed by atoms with Crippen molar-refractivity contribution in [2.24, 2.45) is 0 Å². The first kappa shape index (κ1) is 8.25. The lowest BCUT2D eigenvalue weighted by Crippen LogP contribution is -2.05. The van der Waals surface area contributed by atoms with Gasteiger partial charge in [0.05, 0.1) is 21.7 Å². The van der Waals surface area contributed by atoms with E-state index in [4.69, 9.17) is 0 Å². The van der Waals surface area contributed by atoms with E-state index in [-0.39, 0.29) is 11.3 Å². The molecule has 0 unspecified atom stereocenters. The highest BCUT2D eigenvalue weighted by Crippen LogP contribution is 2.26. The lowest BCUT2D eigenvalue weighted by atomic mass is 10.2. The molecular weight excluding hydrogens is 236 g/mol. The summed E-state index contributed by atoms with van der Waals surface area (Å²) in [4.78, 5) is 17.6. The Kier molecular flexibility index (Phi) is 1.81. The molecule has 0 atom stereocenters. The molecule has 2 rings (SSSR count). The summed E-state index contributed by atoms with van der Waals surface area (Å²) in [5.41, 5.74) is 0.259. The van der Waals surface area contributed by atoms with Gasteiger partial charge in [-0.15, -0.1) is 0 Å². The Labute approximate surface area is 81.4 Å². The number of aromatic nitrogens is 2. The third-order valence-corrected chi connectivity index (χ3v) is 2.34. The molecule has 5 heteroatoms. The second kappa shape index (κ2) is 2.85. The molecule has 4 nitrogen and oxygen atoms in total. The molecule has 0 aliphatic rings. The number of nitrogens with zero attached hydrogens (tertiary/aromatic N) is 1. The maximum absolute atomic E-state index is 11.2. The molecule has 1 aromatic heterocycles. The van der Waals surface area contributed by atoms with E-state index in [1.165, 1.54) is 18.5 Å². The van der Waals surface area contributed by atoms with Gasteiger partial charge in [0.2, 0.25) is 0 Å². The van der Waals surface area contributed by atoms with E-state index < -0.39 is 0 Å². The fourth-order valence-corrected chi connectivity index (χ4v) is 1.42. The summed E-state index contributed by atoms with van der Waals surface area (Å²) in [6.07, 6.45) is 1.30. The SMILES string of the molecule is O=c1[nH]cnc2cc(O)c(Br)cc12. The van der Waals surface area contributed by atoms with Gasteiger partial charge in [0.25, 0.3) is 5.56 Å². The average molecular weight is 241 g/mol. The number of fused-ring (bicyclic) bond motifs is 1. The molecule has 13 heavy (non-hydrogen) atoms. The summed E-state index contributed by atoms with van der Waals surface area (Å²) in [5.74, 6) is 0.0746. The number of rotatable bonds is 0. The summed E-state index contributed by atoms with van der Waals surface area (Å²) >= 11 is 3.12. The third kappa shape index (κ3) is 1.31. The summed E-state index contributed by atoms with van der Waals surface area (Å²) in [7, 11) is 0. The van der Waals surface area contributed by atoms with Gasteiger partial charge in [-0.25, -0.2) is 4.98 Å². The summed E-state index contributed by atoms with van der Waals surface area (Å²) in [6.45, 7) is 0. The molecule has 0 saturated carbocycles. The van der Waals surface area contributed by atoms with E-state index in [2.05, 4.69) is 25.9 Å². The molecule has 1 heterocycles. The number of benzene rings is 1. The van der Waals surface area contributed by atoms with Gasteiger partial charge in [0, 0.05) is 6.07 Å². The Morgan fingerprint density at radius 1 is 1.46 bits per heavy atom. The molecule has 2 N–H and O–H groups in total. The standard InChI is InChI=1S/C8H5BrN2O2/c9-5-1-4-6(2-7(5)12)10-3-11-8(4)13/h1-3,12H,(H,10,11,13). The number of halogens is 1. The zero-order valence-electron chi connectivity index (χ0n) is 6.41. The summed E-state index contributed by atoms with van der Waals surface area (Å²) < 4.78 is 0.485. The molecule has 0 fully saturated rings. The zero-order valence-corrected chi connectivity index (χ0v) is 8.00. The van der Waals surface area contributed by atoms with Crippen LogP contribution in [0.2, 0.25) is 0 Å². The topological polar surface area (TPSA) is 66.0 Å². The van der Waals surface area contributed by atoms with Crippen LogP contribution < -0.4 is 5.56 Å². The Hall–Kier alpha value is -1.36. The second-order valence-corrected chi connectivity index (χ2v) is 3.41. The van der Waals surface area contributed by atoms with Gasteiger partial charge in [0.15, 0.2) is 0 Å². The Morgan fingerprint density at radius 2 is 2.23 bits per heavy atom. The van der Waals surface area contributed by atoms with Crippen LogP contribution in [0.15, 0.2) is 27.7 Å². The number of phenols is 1. The normalized spacial score (nSPS) is 10.5. The van der Waals surface area contributed by atoms with Crippen molar-refractivity contribution in [3.63, 3.8) is 0 Å². The fraction of sp³-hybridized carbons (Fsp3) is 0. The van der Waals surface area contributed by atoms with Gasteiger partial charge in [-0.1, -0.05) is 0 Å². The molecule has 0 bridgehead atoms. The van der Waals surface area contributed by atoms with Crippen molar-refractivity contribution in [1.29, 1.82) is 0 Å². The number of aromatic hydroxyl groups is 1. The number of phenolic OH excluding ortho intramolecular Hbond substituents is 1. The predicted molar refractivity (Wildman–Crippen MR) is 51.7 cm³/mol. The smallest absolute Gasteiger partial charge is 0.258 e. The minimum absolute atomic E-state index is 0.0746. The van der Waals surface area contributed by atoms with Gasteiger partial charge >= 0.3 is 0 Å². The first-order valence-electron chi connectivity index (χ1n) is 3.54. The molecule has 0 radical (unpaired) electrons.